The molecule has 0 heterocycles. The summed E-state index contributed by atoms with van der Waals surface area (Å²) < 4.78 is 0. The number of amides is 1. The van der Waals surface area contributed by atoms with E-state index >= 15 is 0 Å². The van der Waals surface area contributed by atoms with Crippen molar-refractivity contribution in [1.29, 1.82) is 0 Å². The minimum absolute atomic E-state index is 0.00823. The first-order valence-electron chi connectivity index (χ1n) is 6.53. The Bertz CT molecular complexity index is 601. The molecule has 0 saturated carbocycles. The van der Waals surface area contributed by atoms with Gasteiger partial charge in [0.1, 0.15) is 0 Å². The van der Waals surface area contributed by atoms with E-state index in [1.165, 1.54) is 11.8 Å². The van der Waals surface area contributed by atoms with Crippen molar-refractivity contribution >= 4 is 40.9 Å². The maximum Gasteiger partial charge on any atom is 0.230 e. The third-order valence-corrected chi connectivity index (χ3v) is 4.61. The number of rotatable bonds is 6. The zero-order valence-corrected chi connectivity index (χ0v) is 13.6. The van der Waals surface area contributed by atoms with Crippen molar-refractivity contribution < 1.29 is 4.79 Å². The van der Waals surface area contributed by atoms with Crippen molar-refractivity contribution in [3.8, 4) is 0 Å². The molecule has 0 fully saturated rings. The number of thioether (sulfide) groups is 1. The van der Waals surface area contributed by atoms with E-state index in [4.69, 9.17) is 23.2 Å². The monoisotopic (exact) mass is 339 g/mol. The largest absolute Gasteiger partial charge is 0.355 e. The van der Waals surface area contributed by atoms with Gasteiger partial charge in [0.05, 0.1) is 10.8 Å². The van der Waals surface area contributed by atoms with Gasteiger partial charge in [0, 0.05) is 16.5 Å². The highest BCUT2D eigenvalue weighted by Crippen LogP contribution is 2.26. The summed E-state index contributed by atoms with van der Waals surface area (Å²) in [5.74, 6) is 0.374. The lowest BCUT2D eigenvalue weighted by Gasteiger charge is -2.06. The highest BCUT2D eigenvalue weighted by Gasteiger charge is 2.05. The number of benzene rings is 2. The Morgan fingerprint density at radius 1 is 1.05 bits per heavy atom. The number of hydrogen-bond donors (Lipinski definition) is 1. The van der Waals surface area contributed by atoms with Crippen LogP contribution in [-0.4, -0.2) is 18.2 Å². The molecule has 0 radical (unpaired) electrons. The van der Waals surface area contributed by atoms with Gasteiger partial charge in [-0.15, -0.1) is 11.8 Å². The Kier molecular flexibility index (Phi) is 6.43. The van der Waals surface area contributed by atoms with Crippen molar-refractivity contribution in [2.24, 2.45) is 0 Å². The van der Waals surface area contributed by atoms with Crippen LogP contribution in [-0.2, 0) is 11.2 Å². The van der Waals surface area contributed by atoms with Gasteiger partial charge in [0.25, 0.3) is 0 Å². The van der Waals surface area contributed by atoms with Gasteiger partial charge in [0.2, 0.25) is 5.91 Å². The average molecular weight is 340 g/mol. The van der Waals surface area contributed by atoms with E-state index < -0.39 is 0 Å². The molecule has 0 spiro atoms. The first kappa shape index (κ1) is 16.2. The van der Waals surface area contributed by atoms with Gasteiger partial charge >= 0.3 is 0 Å². The molecule has 110 valence electrons. The number of carbonyl (C=O) groups is 1. The van der Waals surface area contributed by atoms with Crippen LogP contribution in [0.5, 0.6) is 0 Å². The van der Waals surface area contributed by atoms with Gasteiger partial charge in [-0.1, -0.05) is 47.5 Å². The summed E-state index contributed by atoms with van der Waals surface area (Å²) in [5, 5.41) is 4.30. The first-order chi connectivity index (χ1) is 10.1. The van der Waals surface area contributed by atoms with Gasteiger partial charge in [0.15, 0.2) is 0 Å². The molecule has 2 rings (SSSR count). The molecule has 2 nitrogen and oxygen atoms in total. The smallest absolute Gasteiger partial charge is 0.230 e. The molecule has 0 aliphatic carbocycles. The second kappa shape index (κ2) is 8.32. The fourth-order valence-corrected chi connectivity index (χ4v) is 2.95. The topological polar surface area (TPSA) is 29.1 Å². The quantitative estimate of drug-likeness (QED) is 0.788. The molecule has 1 amide bonds. The van der Waals surface area contributed by atoms with E-state index in [2.05, 4.69) is 5.32 Å². The molecule has 1 N–H and O–H groups in total. The van der Waals surface area contributed by atoms with Crippen LogP contribution < -0.4 is 5.32 Å². The molecule has 0 unspecified atom stereocenters. The van der Waals surface area contributed by atoms with Crippen molar-refractivity contribution in [2.45, 2.75) is 11.3 Å². The van der Waals surface area contributed by atoms with Crippen LogP contribution in [0.4, 0.5) is 0 Å². The molecule has 0 atom stereocenters. The number of hydrogen-bond acceptors (Lipinski definition) is 2. The highest BCUT2D eigenvalue weighted by molar-refractivity contribution is 8.00. The molecule has 2 aromatic carbocycles. The van der Waals surface area contributed by atoms with E-state index in [0.29, 0.717) is 17.3 Å². The van der Waals surface area contributed by atoms with Crippen LogP contribution in [0.2, 0.25) is 10.0 Å². The summed E-state index contributed by atoms with van der Waals surface area (Å²) >= 11 is 13.3. The van der Waals surface area contributed by atoms with Gasteiger partial charge in [-0.3, -0.25) is 4.79 Å². The Morgan fingerprint density at radius 3 is 2.48 bits per heavy atom. The summed E-state index contributed by atoms with van der Waals surface area (Å²) in [6, 6.07) is 15.2. The molecule has 0 bridgehead atoms. The van der Waals surface area contributed by atoms with Gasteiger partial charge in [-0.05, 0) is 36.2 Å². The molecular formula is C16H15Cl2NOS. The molecule has 0 aliphatic heterocycles. The molecule has 0 saturated heterocycles. The predicted octanol–water partition coefficient (Wildman–Crippen LogP) is 4.44. The van der Waals surface area contributed by atoms with Crippen LogP contribution in [0.3, 0.4) is 0 Å². The van der Waals surface area contributed by atoms with Gasteiger partial charge < -0.3 is 5.32 Å². The second-order valence-corrected chi connectivity index (χ2v) is 6.31. The number of halogens is 2. The lowest BCUT2D eigenvalue weighted by atomic mass is 10.1. The zero-order chi connectivity index (χ0) is 15.1. The summed E-state index contributed by atoms with van der Waals surface area (Å²) in [5.41, 5.74) is 1.15. The van der Waals surface area contributed by atoms with Crippen molar-refractivity contribution in [3.63, 3.8) is 0 Å². The van der Waals surface area contributed by atoms with E-state index in [1.54, 1.807) is 0 Å². The van der Waals surface area contributed by atoms with Crippen molar-refractivity contribution in [1.82, 2.24) is 5.32 Å². The molecule has 21 heavy (non-hydrogen) atoms. The van der Waals surface area contributed by atoms with E-state index in [1.807, 2.05) is 48.5 Å². The van der Waals surface area contributed by atoms with Crippen LogP contribution in [0, 0.1) is 0 Å². The average Bonchev–Trinajstić information content (AvgIpc) is 2.48. The Hall–Kier alpha value is -1.16. The minimum Gasteiger partial charge on any atom is -0.355 e. The molecule has 0 aliphatic rings. The fraction of sp³-hybridized carbons (Fsp3) is 0.188. The summed E-state index contributed by atoms with van der Waals surface area (Å²) in [6.45, 7) is 0.615. The lowest BCUT2D eigenvalue weighted by Crippen LogP contribution is -2.27. The van der Waals surface area contributed by atoms with Gasteiger partial charge in [-0.25, -0.2) is 0 Å². The van der Waals surface area contributed by atoms with Crippen LogP contribution in [0.25, 0.3) is 0 Å². The maximum atomic E-state index is 11.8. The standard InChI is InChI=1S/C16H15Cl2NOS/c17-13-7-5-12(6-8-13)9-10-19-16(20)11-21-15-4-2-1-3-14(15)18/h1-8H,9-11H2,(H,19,20). The molecule has 2 aromatic rings. The van der Waals surface area contributed by atoms with E-state index in [9.17, 15) is 4.79 Å². The number of nitrogens with one attached hydrogen (secondary N) is 1. The minimum atomic E-state index is 0.00823. The summed E-state index contributed by atoms with van der Waals surface area (Å²) in [4.78, 5) is 12.7. The van der Waals surface area contributed by atoms with Crippen LogP contribution in [0.15, 0.2) is 53.4 Å². The Morgan fingerprint density at radius 2 is 1.76 bits per heavy atom. The SMILES string of the molecule is O=C(CSc1ccccc1Cl)NCCc1ccc(Cl)cc1. The third kappa shape index (κ3) is 5.62. The number of carbonyl (C=O) groups excluding carboxylic acids is 1. The maximum absolute atomic E-state index is 11.8. The highest BCUT2D eigenvalue weighted by atomic mass is 35.5. The summed E-state index contributed by atoms with van der Waals surface area (Å²) in [7, 11) is 0. The normalized spacial score (nSPS) is 10.4. The van der Waals surface area contributed by atoms with Crippen LogP contribution in [0.1, 0.15) is 5.56 Å². The molecule has 0 aromatic heterocycles. The van der Waals surface area contributed by atoms with Crippen molar-refractivity contribution in [2.75, 3.05) is 12.3 Å². The second-order valence-electron chi connectivity index (χ2n) is 4.45. The Balaban J connectivity index is 1.70. The first-order valence-corrected chi connectivity index (χ1v) is 8.28. The van der Waals surface area contributed by atoms with Crippen molar-refractivity contribution in [3.05, 3.63) is 64.1 Å². The van der Waals surface area contributed by atoms with E-state index in [0.717, 1.165) is 21.9 Å². The Labute approximate surface area is 138 Å². The molecular weight excluding hydrogens is 325 g/mol. The van der Waals surface area contributed by atoms with E-state index in [-0.39, 0.29) is 5.91 Å². The molecule has 5 heteroatoms. The third-order valence-electron chi connectivity index (χ3n) is 2.84. The van der Waals surface area contributed by atoms with Crippen LogP contribution >= 0.6 is 35.0 Å². The van der Waals surface area contributed by atoms with Gasteiger partial charge in [-0.2, -0.15) is 0 Å². The zero-order valence-electron chi connectivity index (χ0n) is 11.3. The fourth-order valence-electron chi connectivity index (χ4n) is 1.75. The summed E-state index contributed by atoms with van der Waals surface area (Å²) in [6.07, 6.45) is 0.791. The lowest BCUT2D eigenvalue weighted by molar-refractivity contribution is -0.118. The predicted molar refractivity (Wildman–Crippen MR) is 90.3 cm³/mol.